The van der Waals surface area contributed by atoms with Gasteiger partial charge in [-0.25, -0.2) is 14.6 Å². The number of nitrogens with zero attached hydrogens (tertiary/aromatic N) is 4. The summed E-state index contributed by atoms with van der Waals surface area (Å²) >= 11 is 5.06. The molecule has 0 atom stereocenters. The van der Waals surface area contributed by atoms with E-state index in [0.717, 1.165) is 33.1 Å². The molecule has 4 aromatic rings. The predicted octanol–water partition coefficient (Wildman–Crippen LogP) is 5.62. The van der Waals surface area contributed by atoms with Crippen molar-refractivity contribution in [3.8, 4) is 16.3 Å². The van der Waals surface area contributed by atoms with Gasteiger partial charge in [-0.15, -0.1) is 16.4 Å². The van der Waals surface area contributed by atoms with Crippen LogP contribution in [0.15, 0.2) is 57.7 Å². The van der Waals surface area contributed by atoms with Crippen LogP contribution in [0.2, 0.25) is 0 Å². The van der Waals surface area contributed by atoms with E-state index in [2.05, 4.69) is 34.3 Å². The molecule has 0 spiro atoms. The highest BCUT2D eigenvalue weighted by molar-refractivity contribution is 7.98. The summed E-state index contributed by atoms with van der Waals surface area (Å²) in [6.07, 6.45) is 2.43. The highest BCUT2D eigenvalue weighted by atomic mass is 32.2. The summed E-state index contributed by atoms with van der Waals surface area (Å²) in [4.78, 5) is 9.56. The van der Waals surface area contributed by atoms with Gasteiger partial charge in [-0.05, 0) is 36.4 Å². The number of thiazole rings is 1. The van der Waals surface area contributed by atoms with Crippen molar-refractivity contribution < 1.29 is 0 Å². The van der Waals surface area contributed by atoms with Gasteiger partial charge in [0.25, 0.3) is 0 Å². The molecule has 1 saturated carbocycles. The van der Waals surface area contributed by atoms with E-state index in [9.17, 15) is 0 Å². The second kappa shape index (κ2) is 6.98. The fourth-order valence-electron chi connectivity index (χ4n) is 2.76. The van der Waals surface area contributed by atoms with Crippen molar-refractivity contribution >= 4 is 34.4 Å². The summed E-state index contributed by atoms with van der Waals surface area (Å²) in [6.45, 7) is 0. The molecule has 130 valence electrons. The fourth-order valence-corrected chi connectivity index (χ4v) is 5.12. The Hall–Kier alpha value is -1.96. The first-order valence-corrected chi connectivity index (χ1v) is 11.3. The minimum absolute atomic E-state index is 0.557. The molecule has 5 rings (SSSR count). The standard InChI is InChI=1S/C19H16N4S3/c1-2-4-16(5-3-1)23-17(13-6-7-13)21-19(22-23)26-12-15-11-25-18(20-15)14-8-9-24-10-14/h1-5,8-11,13H,6-7,12H2. The van der Waals surface area contributed by atoms with Gasteiger partial charge in [0.15, 0.2) is 0 Å². The Labute approximate surface area is 164 Å². The first-order chi connectivity index (χ1) is 12.9. The second-order valence-corrected chi connectivity index (χ2v) is 8.80. The predicted molar refractivity (Wildman–Crippen MR) is 108 cm³/mol. The maximum absolute atomic E-state index is 4.81. The third-order valence-corrected chi connectivity index (χ3v) is 6.72. The van der Waals surface area contributed by atoms with Crippen molar-refractivity contribution in [3.63, 3.8) is 0 Å². The molecule has 3 aromatic heterocycles. The normalized spacial score (nSPS) is 14.0. The van der Waals surface area contributed by atoms with Gasteiger partial charge in [-0.1, -0.05) is 30.0 Å². The molecule has 4 nitrogen and oxygen atoms in total. The van der Waals surface area contributed by atoms with E-state index in [1.54, 1.807) is 34.4 Å². The van der Waals surface area contributed by atoms with Crippen LogP contribution in [0.4, 0.5) is 0 Å². The lowest BCUT2D eigenvalue weighted by Crippen LogP contribution is -2.01. The number of benzene rings is 1. The van der Waals surface area contributed by atoms with Crippen molar-refractivity contribution in [2.24, 2.45) is 0 Å². The van der Waals surface area contributed by atoms with E-state index in [4.69, 9.17) is 15.1 Å². The Bertz CT molecular complexity index is 1000. The number of hydrogen-bond acceptors (Lipinski definition) is 6. The zero-order valence-corrected chi connectivity index (χ0v) is 16.4. The largest absolute Gasteiger partial charge is 0.240 e. The number of aromatic nitrogens is 4. The molecule has 7 heteroatoms. The molecule has 26 heavy (non-hydrogen) atoms. The monoisotopic (exact) mass is 396 g/mol. The third kappa shape index (κ3) is 3.34. The highest BCUT2D eigenvalue weighted by Crippen LogP contribution is 2.40. The quantitative estimate of drug-likeness (QED) is 0.397. The van der Waals surface area contributed by atoms with Gasteiger partial charge in [0.2, 0.25) is 5.16 Å². The number of thioether (sulfide) groups is 1. The van der Waals surface area contributed by atoms with Crippen LogP contribution in [0.1, 0.15) is 30.3 Å². The van der Waals surface area contributed by atoms with Crippen LogP contribution < -0.4 is 0 Å². The lowest BCUT2D eigenvalue weighted by Gasteiger charge is -2.03. The Morgan fingerprint density at radius 1 is 1.08 bits per heavy atom. The van der Waals surface area contributed by atoms with Gasteiger partial charge < -0.3 is 0 Å². The van der Waals surface area contributed by atoms with E-state index in [1.807, 2.05) is 22.9 Å². The van der Waals surface area contributed by atoms with Crippen LogP contribution in [0.25, 0.3) is 16.3 Å². The molecule has 0 unspecified atom stereocenters. The molecule has 0 bridgehead atoms. The Morgan fingerprint density at radius 2 is 1.96 bits per heavy atom. The van der Waals surface area contributed by atoms with Gasteiger partial charge >= 0.3 is 0 Å². The molecular formula is C19H16N4S3. The topological polar surface area (TPSA) is 43.6 Å². The molecule has 1 aliphatic carbocycles. The Morgan fingerprint density at radius 3 is 2.73 bits per heavy atom. The molecule has 0 N–H and O–H groups in total. The first-order valence-electron chi connectivity index (χ1n) is 8.49. The summed E-state index contributed by atoms with van der Waals surface area (Å²) in [5.41, 5.74) is 3.38. The molecule has 0 saturated heterocycles. The summed E-state index contributed by atoms with van der Waals surface area (Å²) < 4.78 is 2.01. The summed E-state index contributed by atoms with van der Waals surface area (Å²) in [6, 6.07) is 12.4. The van der Waals surface area contributed by atoms with Crippen molar-refractivity contribution in [1.29, 1.82) is 0 Å². The lowest BCUT2D eigenvalue weighted by molar-refractivity contribution is 0.782. The van der Waals surface area contributed by atoms with Crippen molar-refractivity contribution in [1.82, 2.24) is 19.7 Å². The van der Waals surface area contributed by atoms with Crippen LogP contribution in [0, 0.1) is 0 Å². The van der Waals surface area contributed by atoms with E-state index >= 15 is 0 Å². The minimum atomic E-state index is 0.557. The first kappa shape index (κ1) is 16.2. The van der Waals surface area contributed by atoms with Crippen LogP contribution >= 0.6 is 34.4 Å². The van der Waals surface area contributed by atoms with Gasteiger partial charge in [0.05, 0.1) is 11.4 Å². The maximum Gasteiger partial charge on any atom is 0.209 e. The minimum Gasteiger partial charge on any atom is -0.240 e. The molecule has 3 heterocycles. The van der Waals surface area contributed by atoms with Crippen LogP contribution in [-0.4, -0.2) is 19.7 Å². The van der Waals surface area contributed by atoms with Gasteiger partial charge in [-0.3, -0.25) is 0 Å². The number of hydrogen-bond donors (Lipinski definition) is 0. The molecule has 1 fully saturated rings. The number of para-hydroxylation sites is 1. The smallest absolute Gasteiger partial charge is 0.209 e. The lowest BCUT2D eigenvalue weighted by atomic mass is 10.3. The number of thiophene rings is 1. The maximum atomic E-state index is 4.81. The Balaban J connectivity index is 1.35. The summed E-state index contributed by atoms with van der Waals surface area (Å²) in [7, 11) is 0. The zero-order valence-electron chi connectivity index (χ0n) is 13.9. The average molecular weight is 397 g/mol. The third-order valence-electron chi connectivity index (χ3n) is 4.23. The van der Waals surface area contributed by atoms with Gasteiger partial charge in [0.1, 0.15) is 10.8 Å². The van der Waals surface area contributed by atoms with Crippen molar-refractivity contribution in [2.75, 3.05) is 0 Å². The van der Waals surface area contributed by atoms with Crippen molar-refractivity contribution in [2.45, 2.75) is 29.7 Å². The van der Waals surface area contributed by atoms with Gasteiger partial charge in [-0.2, -0.15) is 11.3 Å². The molecule has 0 amide bonds. The highest BCUT2D eigenvalue weighted by Gasteiger charge is 2.30. The summed E-state index contributed by atoms with van der Waals surface area (Å²) in [5.74, 6) is 2.45. The SMILES string of the molecule is c1ccc(-n2nc(SCc3csc(-c4ccsc4)n3)nc2C2CC2)cc1. The van der Waals surface area contributed by atoms with E-state index < -0.39 is 0 Å². The van der Waals surface area contributed by atoms with Gasteiger partial charge in [0, 0.05) is 28.0 Å². The average Bonchev–Trinajstić information content (AvgIpc) is 3.09. The van der Waals surface area contributed by atoms with E-state index in [-0.39, 0.29) is 0 Å². The summed E-state index contributed by atoms with van der Waals surface area (Å²) in [5, 5.41) is 13.0. The molecule has 1 aromatic carbocycles. The van der Waals surface area contributed by atoms with E-state index in [0.29, 0.717) is 5.92 Å². The Kier molecular flexibility index (Phi) is 4.36. The molecule has 0 radical (unpaired) electrons. The zero-order chi connectivity index (χ0) is 17.3. The van der Waals surface area contributed by atoms with E-state index in [1.165, 1.54) is 18.4 Å². The molecule has 0 aliphatic heterocycles. The van der Waals surface area contributed by atoms with Crippen LogP contribution in [0.5, 0.6) is 0 Å². The fraction of sp³-hybridized carbons (Fsp3) is 0.211. The van der Waals surface area contributed by atoms with Crippen LogP contribution in [0.3, 0.4) is 0 Å². The molecular weight excluding hydrogens is 380 g/mol. The van der Waals surface area contributed by atoms with Crippen molar-refractivity contribution in [3.05, 3.63) is 64.1 Å². The molecule has 1 aliphatic rings. The number of rotatable bonds is 6. The second-order valence-electron chi connectivity index (χ2n) is 6.22. The van der Waals surface area contributed by atoms with Crippen LogP contribution in [-0.2, 0) is 5.75 Å².